The molecule has 0 atom stereocenters. The average Bonchev–Trinajstić information content (AvgIpc) is 3.79. The highest BCUT2D eigenvalue weighted by atomic mass is 16.3. The van der Waals surface area contributed by atoms with Gasteiger partial charge in [0.1, 0.15) is 11.2 Å². The first-order valence-electron chi connectivity index (χ1n) is 18.8. The Morgan fingerprint density at radius 2 is 0.927 bits per heavy atom. The quantitative estimate of drug-likeness (QED) is 0.172. The molecule has 9 aromatic carbocycles. The molecule has 3 nitrogen and oxygen atoms in total. The lowest BCUT2D eigenvalue weighted by Crippen LogP contribution is -2.12. The SMILES string of the molecule is c1ccc(-c2ccccc2N(c2ccc(-n3c4ccccc4c4ccccc43)cc2)c2ccccc2-c2cccc3c2oc2cc4ccccc4cc23)cc1. The molecule has 2 heterocycles. The van der Waals surface area contributed by atoms with Crippen molar-refractivity contribution < 1.29 is 4.42 Å². The highest BCUT2D eigenvalue weighted by molar-refractivity contribution is 6.14. The van der Waals surface area contributed by atoms with Gasteiger partial charge in [-0.3, -0.25) is 0 Å². The van der Waals surface area contributed by atoms with Crippen LogP contribution < -0.4 is 4.90 Å². The lowest BCUT2D eigenvalue weighted by atomic mass is 9.97. The summed E-state index contributed by atoms with van der Waals surface area (Å²) in [6, 6.07) is 73.9. The predicted molar refractivity (Wildman–Crippen MR) is 231 cm³/mol. The van der Waals surface area contributed by atoms with Gasteiger partial charge in [-0.05, 0) is 77.0 Å². The molecular weight excluding hydrogens is 669 g/mol. The first kappa shape index (κ1) is 31.2. The standard InChI is InChI=1S/C52H34N2O/c1-2-15-35(16-3-1)40-19-6-10-25-47(40)53(38-29-31-39(32-30-38)54-48-26-11-7-20-41(48)42-21-8-12-27-49(42)54)50-28-13-9-22-43(50)44-23-14-24-45-46-33-36-17-4-5-18-37(36)34-51(46)55-52(44)45/h1-34H. The Labute approximate surface area is 318 Å². The van der Waals surface area contributed by atoms with E-state index in [1.807, 2.05) is 0 Å². The summed E-state index contributed by atoms with van der Waals surface area (Å²) in [5.74, 6) is 0. The van der Waals surface area contributed by atoms with Gasteiger partial charge in [-0.1, -0.05) is 146 Å². The van der Waals surface area contributed by atoms with Gasteiger partial charge in [0.05, 0.1) is 22.4 Å². The van der Waals surface area contributed by atoms with Crippen LogP contribution in [-0.2, 0) is 0 Å². The summed E-state index contributed by atoms with van der Waals surface area (Å²) in [7, 11) is 0. The summed E-state index contributed by atoms with van der Waals surface area (Å²) in [6.07, 6.45) is 0. The maximum atomic E-state index is 6.79. The Morgan fingerprint density at radius 1 is 0.382 bits per heavy atom. The van der Waals surface area contributed by atoms with Gasteiger partial charge in [0.2, 0.25) is 0 Å². The topological polar surface area (TPSA) is 21.3 Å². The van der Waals surface area contributed by atoms with Crippen LogP contribution in [0.2, 0.25) is 0 Å². The predicted octanol–water partition coefficient (Wildman–Crippen LogP) is 14.6. The molecule has 0 amide bonds. The number of rotatable bonds is 6. The highest BCUT2D eigenvalue weighted by Gasteiger charge is 2.23. The number of fused-ring (bicyclic) bond motifs is 7. The third kappa shape index (κ3) is 5.05. The fraction of sp³-hybridized carbons (Fsp3) is 0. The number of furan rings is 1. The molecule has 0 aliphatic heterocycles. The van der Waals surface area contributed by atoms with Crippen molar-refractivity contribution in [2.24, 2.45) is 0 Å². The minimum Gasteiger partial charge on any atom is -0.455 e. The van der Waals surface area contributed by atoms with Crippen molar-refractivity contribution in [3.8, 4) is 27.9 Å². The zero-order chi connectivity index (χ0) is 36.3. The van der Waals surface area contributed by atoms with Gasteiger partial charge >= 0.3 is 0 Å². The Bertz CT molecular complexity index is 3150. The van der Waals surface area contributed by atoms with Crippen molar-refractivity contribution in [3.63, 3.8) is 0 Å². The fourth-order valence-corrected chi connectivity index (χ4v) is 8.48. The van der Waals surface area contributed by atoms with E-state index in [0.29, 0.717) is 0 Å². The van der Waals surface area contributed by atoms with Crippen LogP contribution in [-0.4, -0.2) is 4.57 Å². The third-order valence-electron chi connectivity index (χ3n) is 11.0. The molecule has 11 aromatic rings. The normalized spacial score (nSPS) is 11.6. The molecule has 2 aromatic heterocycles. The first-order valence-corrected chi connectivity index (χ1v) is 18.8. The van der Waals surface area contributed by atoms with Crippen LogP contribution >= 0.6 is 0 Å². The molecule has 0 unspecified atom stereocenters. The van der Waals surface area contributed by atoms with Crippen LogP contribution in [0.15, 0.2) is 211 Å². The first-order chi connectivity index (χ1) is 27.3. The zero-order valence-corrected chi connectivity index (χ0v) is 29.9. The van der Waals surface area contributed by atoms with E-state index in [0.717, 1.165) is 66.9 Å². The smallest absolute Gasteiger partial charge is 0.143 e. The minimum atomic E-state index is 0.887. The van der Waals surface area contributed by atoms with Gasteiger partial charge in [0.15, 0.2) is 0 Å². The van der Waals surface area contributed by atoms with E-state index in [1.165, 1.54) is 32.6 Å². The van der Waals surface area contributed by atoms with Crippen molar-refractivity contribution in [2.45, 2.75) is 0 Å². The Balaban J connectivity index is 1.13. The van der Waals surface area contributed by atoms with Gasteiger partial charge in [0, 0.05) is 49.6 Å². The Hall–Kier alpha value is -7.36. The molecule has 0 aliphatic carbocycles. The molecule has 55 heavy (non-hydrogen) atoms. The average molecular weight is 703 g/mol. The van der Waals surface area contributed by atoms with Crippen molar-refractivity contribution >= 4 is 71.6 Å². The molecule has 11 rings (SSSR count). The van der Waals surface area contributed by atoms with Gasteiger partial charge in [-0.15, -0.1) is 0 Å². The van der Waals surface area contributed by atoms with Crippen LogP contribution in [0.1, 0.15) is 0 Å². The molecule has 0 radical (unpaired) electrons. The molecular formula is C52H34N2O. The molecule has 0 saturated heterocycles. The lowest BCUT2D eigenvalue weighted by Gasteiger charge is -2.30. The summed E-state index contributed by atoms with van der Waals surface area (Å²) >= 11 is 0. The van der Waals surface area contributed by atoms with E-state index >= 15 is 0 Å². The van der Waals surface area contributed by atoms with Gasteiger partial charge in [-0.2, -0.15) is 0 Å². The molecule has 0 bridgehead atoms. The summed E-state index contributed by atoms with van der Waals surface area (Å²) in [6.45, 7) is 0. The molecule has 258 valence electrons. The number of hydrogen-bond acceptors (Lipinski definition) is 2. The highest BCUT2D eigenvalue weighted by Crippen LogP contribution is 2.47. The van der Waals surface area contributed by atoms with Crippen molar-refractivity contribution in [3.05, 3.63) is 206 Å². The van der Waals surface area contributed by atoms with Gasteiger partial charge in [0.25, 0.3) is 0 Å². The number of nitrogens with zero attached hydrogens (tertiary/aromatic N) is 2. The maximum Gasteiger partial charge on any atom is 0.143 e. The number of anilines is 3. The summed E-state index contributed by atoms with van der Waals surface area (Å²) in [5, 5.41) is 7.12. The van der Waals surface area contributed by atoms with Gasteiger partial charge < -0.3 is 13.9 Å². The number of hydrogen-bond donors (Lipinski definition) is 0. The van der Waals surface area contributed by atoms with Crippen LogP contribution in [0.5, 0.6) is 0 Å². The second-order valence-electron chi connectivity index (χ2n) is 14.1. The minimum absolute atomic E-state index is 0.887. The second kappa shape index (κ2) is 12.6. The molecule has 0 N–H and O–H groups in total. The monoisotopic (exact) mass is 702 g/mol. The summed E-state index contributed by atoms with van der Waals surface area (Å²) in [4.78, 5) is 2.41. The summed E-state index contributed by atoms with van der Waals surface area (Å²) < 4.78 is 9.16. The van der Waals surface area contributed by atoms with Crippen LogP contribution in [0, 0.1) is 0 Å². The van der Waals surface area contributed by atoms with Crippen molar-refractivity contribution in [2.75, 3.05) is 4.90 Å². The third-order valence-corrected chi connectivity index (χ3v) is 11.0. The molecule has 0 spiro atoms. The molecule has 0 saturated carbocycles. The van der Waals surface area contributed by atoms with Crippen molar-refractivity contribution in [1.29, 1.82) is 0 Å². The van der Waals surface area contributed by atoms with E-state index < -0.39 is 0 Å². The van der Waals surface area contributed by atoms with Crippen molar-refractivity contribution in [1.82, 2.24) is 4.57 Å². The number of para-hydroxylation sites is 5. The van der Waals surface area contributed by atoms with E-state index in [1.54, 1.807) is 0 Å². The fourth-order valence-electron chi connectivity index (χ4n) is 8.48. The van der Waals surface area contributed by atoms with E-state index in [9.17, 15) is 0 Å². The van der Waals surface area contributed by atoms with Crippen LogP contribution in [0.25, 0.3) is 82.5 Å². The zero-order valence-electron chi connectivity index (χ0n) is 29.9. The maximum absolute atomic E-state index is 6.79. The Morgan fingerprint density at radius 3 is 1.65 bits per heavy atom. The second-order valence-corrected chi connectivity index (χ2v) is 14.1. The van der Waals surface area contributed by atoms with Crippen LogP contribution in [0.3, 0.4) is 0 Å². The van der Waals surface area contributed by atoms with Crippen LogP contribution in [0.4, 0.5) is 17.1 Å². The van der Waals surface area contributed by atoms with E-state index in [2.05, 4.69) is 216 Å². The molecule has 3 heteroatoms. The number of benzene rings is 9. The Kier molecular flexibility index (Phi) is 7.17. The molecule has 0 fully saturated rings. The van der Waals surface area contributed by atoms with Gasteiger partial charge in [-0.25, -0.2) is 0 Å². The van der Waals surface area contributed by atoms with E-state index in [-0.39, 0.29) is 0 Å². The molecule has 0 aliphatic rings. The summed E-state index contributed by atoms with van der Waals surface area (Å²) in [5.41, 5.74) is 13.0. The van der Waals surface area contributed by atoms with E-state index in [4.69, 9.17) is 4.42 Å². The number of aromatic nitrogens is 1. The largest absolute Gasteiger partial charge is 0.455 e. The lowest BCUT2D eigenvalue weighted by molar-refractivity contribution is 0.670.